The lowest BCUT2D eigenvalue weighted by Gasteiger charge is -2.47. The molecule has 0 aliphatic carbocycles. The number of halogens is 2. The number of phenols is 3. The number of amides is 7. The van der Waals surface area contributed by atoms with Crippen molar-refractivity contribution >= 4 is 70.5 Å². The fraction of sp³-hybridized carbons (Fsp3) is 0.479. The molecule has 23 N–H and O–H groups in total. The SMILES string of the molecule is CN[C@H](CC(C)C)C(=O)N[C@H]1C(=O)N[C@@H](CC(N)=O)C(=O)N[C@H]2C(=O)N[C@H]3C(=O)N[C@H](C(=O)NC(C(=O)O)c4cc(O)cc(O)c4-c4cc3ccc4O)[C@H](O[C@H]3C[C@](C)(N)[C@@H](O)[C@H](C)O3)c3ccc(c(Cl)c3)Oc3cc2cc(c3O[C@@H]2O[C@H](CO)[C@@H](O)[C@H](O)[C@H]2O[C@H]2C[C@](C)(N)[C@@H](O)[C@H](C)O2)Oc2ccc(cc2Cl)[C@H]1O. The van der Waals surface area contributed by atoms with Gasteiger partial charge in [0.2, 0.25) is 53.4 Å². The number of ether oxygens (including phenoxy) is 8. The number of likely N-dealkylation sites (N-methyl/N-ethyl adjacent to an activating group) is 1. The van der Waals surface area contributed by atoms with Gasteiger partial charge >= 0.3 is 5.97 Å². The van der Waals surface area contributed by atoms with Crippen LogP contribution in [0.4, 0.5) is 0 Å². The Hall–Kier alpha value is -9.32. The van der Waals surface area contributed by atoms with Crippen LogP contribution in [0.2, 0.25) is 10.0 Å². The maximum Gasteiger partial charge on any atom is 0.330 e. The largest absolute Gasteiger partial charge is 0.508 e. The molecule has 36 nitrogen and oxygen atoms in total. The van der Waals surface area contributed by atoms with Crippen molar-refractivity contribution in [3.05, 3.63) is 117 Å². The number of carbonyl (C=O) groups excluding carboxylic acids is 7. The van der Waals surface area contributed by atoms with E-state index in [1.54, 1.807) is 0 Å². The van der Waals surface area contributed by atoms with E-state index >= 15 is 19.2 Å². The first kappa shape index (κ1) is 82.6. The highest BCUT2D eigenvalue weighted by Gasteiger charge is 2.52. The molecule has 8 aliphatic heterocycles. The minimum absolute atomic E-state index is 0.110. The number of aliphatic carboxylic acids is 1. The summed E-state index contributed by atoms with van der Waals surface area (Å²) < 4.78 is 51.7. The third-order valence-electron chi connectivity index (χ3n) is 20.1. The van der Waals surface area contributed by atoms with Crippen molar-refractivity contribution < 1.29 is 127 Å². The summed E-state index contributed by atoms with van der Waals surface area (Å²) in [6.45, 7) is 8.58. The molecule has 38 heteroatoms. The number of nitrogens with two attached hydrogens (primary N) is 3. The highest BCUT2D eigenvalue weighted by molar-refractivity contribution is 6.32. The minimum Gasteiger partial charge on any atom is -0.508 e. The summed E-state index contributed by atoms with van der Waals surface area (Å²) in [5, 5.41) is 131. The number of nitrogens with one attached hydrogen (secondary N) is 7. The van der Waals surface area contributed by atoms with Gasteiger partial charge in [-0.1, -0.05) is 55.2 Å². The zero-order valence-corrected chi connectivity index (χ0v) is 62.2. The number of rotatable bonds is 15. The molecule has 5 aromatic carbocycles. The Bertz CT molecular complexity index is 4420. The average molecular weight is 1590 g/mol. The molecule has 0 radical (unpaired) electrons. The monoisotopic (exact) mass is 1590 g/mol. The van der Waals surface area contributed by atoms with Gasteiger partial charge in [0, 0.05) is 46.7 Å². The zero-order valence-electron chi connectivity index (χ0n) is 60.7. The fourth-order valence-electron chi connectivity index (χ4n) is 14.3. The van der Waals surface area contributed by atoms with Crippen LogP contribution in [-0.2, 0) is 62.0 Å². The first-order valence-corrected chi connectivity index (χ1v) is 36.1. The maximum atomic E-state index is 16.4. The molecule has 1 unspecified atom stereocenters. The summed E-state index contributed by atoms with van der Waals surface area (Å²) in [5.41, 5.74) is 13.3. The quantitative estimate of drug-likeness (QED) is 0.0672. The second kappa shape index (κ2) is 33.2. The van der Waals surface area contributed by atoms with Crippen LogP contribution < -0.4 is 68.6 Å². The summed E-state index contributed by atoms with van der Waals surface area (Å²) >= 11 is 14.5. The van der Waals surface area contributed by atoms with E-state index in [9.17, 15) is 70.2 Å². The van der Waals surface area contributed by atoms with Gasteiger partial charge in [0.25, 0.3) is 0 Å². The summed E-state index contributed by atoms with van der Waals surface area (Å²) in [7, 11) is 1.47. The molecule has 111 heavy (non-hydrogen) atoms. The number of phenolic OH excluding ortho intramolecular Hbond substituents is 3. The van der Waals surface area contributed by atoms with E-state index in [1.807, 2.05) is 13.8 Å². The molecule has 8 aliphatic rings. The number of aliphatic hydroxyl groups excluding tert-OH is 6. The van der Waals surface area contributed by atoms with Gasteiger partial charge in [0.15, 0.2) is 36.2 Å². The van der Waals surface area contributed by atoms with Crippen LogP contribution in [-0.4, -0.2) is 215 Å². The van der Waals surface area contributed by atoms with E-state index in [-0.39, 0.29) is 52.6 Å². The van der Waals surface area contributed by atoms with Crippen molar-refractivity contribution in [2.24, 2.45) is 23.1 Å². The Morgan fingerprint density at radius 3 is 1.79 bits per heavy atom. The van der Waals surface area contributed by atoms with Gasteiger partial charge in [0.1, 0.15) is 89.5 Å². The minimum atomic E-state index is -2.38. The van der Waals surface area contributed by atoms with Crippen LogP contribution in [0, 0.1) is 5.92 Å². The predicted octanol–water partition coefficient (Wildman–Crippen LogP) is 0.344. The molecule has 0 saturated carbocycles. The smallest absolute Gasteiger partial charge is 0.330 e. The first-order chi connectivity index (χ1) is 52.3. The number of fused-ring (bicyclic) bond motifs is 15. The third kappa shape index (κ3) is 17.7. The number of aliphatic hydroxyl groups is 6. The van der Waals surface area contributed by atoms with E-state index in [2.05, 4.69) is 37.2 Å². The average Bonchev–Trinajstić information content (AvgIpc) is 0.763. The van der Waals surface area contributed by atoms with Crippen LogP contribution in [0.15, 0.2) is 78.9 Å². The Balaban J connectivity index is 1.19. The fourth-order valence-corrected chi connectivity index (χ4v) is 14.7. The van der Waals surface area contributed by atoms with Crippen molar-refractivity contribution in [3.8, 4) is 57.1 Å². The lowest BCUT2D eigenvalue weighted by Crippen LogP contribution is -2.64. The molecular formula is C73H88Cl2N10O26. The van der Waals surface area contributed by atoms with Crippen LogP contribution >= 0.6 is 23.2 Å². The van der Waals surface area contributed by atoms with Gasteiger partial charge in [-0.3, -0.25) is 33.6 Å². The molecule has 0 spiro atoms. The molecule has 11 bridgehead atoms. The molecular weight excluding hydrogens is 1500 g/mol. The lowest BCUT2D eigenvalue weighted by molar-refractivity contribution is -0.333. The zero-order chi connectivity index (χ0) is 80.9. The number of carboxylic acid groups (broad SMARTS) is 1. The third-order valence-corrected chi connectivity index (χ3v) is 20.7. The van der Waals surface area contributed by atoms with E-state index in [0.717, 1.165) is 48.5 Å². The normalized spacial score (nSPS) is 32.1. The van der Waals surface area contributed by atoms with Crippen molar-refractivity contribution in [1.82, 2.24) is 37.2 Å². The Morgan fingerprint density at radius 1 is 0.658 bits per heavy atom. The molecule has 13 rings (SSSR count). The highest BCUT2D eigenvalue weighted by atomic mass is 35.5. The number of benzene rings is 5. The van der Waals surface area contributed by atoms with Gasteiger partial charge in [-0.05, 0) is 124 Å². The highest BCUT2D eigenvalue weighted by Crippen LogP contribution is 2.50. The molecule has 5 aromatic rings. The van der Waals surface area contributed by atoms with Crippen LogP contribution in [0.1, 0.15) is 125 Å². The van der Waals surface area contributed by atoms with E-state index in [4.69, 9.17) is 78.3 Å². The van der Waals surface area contributed by atoms with Crippen molar-refractivity contribution in [1.29, 1.82) is 0 Å². The number of carboxylic acids is 1. The summed E-state index contributed by atoms with van der Waals surface area (Å²) in [4.78, 5) is 120. The second-order valence-corrected chi connectivity index (χ2v) is 30.1. The van der Waals surface area contributed by atoms with Crippen LogP contribution in [0.3, 0.4) is 0 Å². The lowest BCUT2D eigenvalue weighted by atomic mass is 9.86. The molecule has 22 atom stereocenters. The Kier molecular flexibility index (Phi) is 24.7. The standard InChI is InChI=1S/C73H88Cl2N10O26/c1-26(2)14-38(79-7)64(96)84-54-56(91)30-9-12-42(36(74)16-30)106-44-18-32-19-45(60(44)111-71-61(58(93)57(92)46(25-86)108-71)110-49-24-73(6,78)63(95)28(4)105-49)107-43-13-10-31(17-37(43)75)59(109-48-23-72(5,77)62(94)27(3)104-48)55-69(101)83-53(70(102)103)35-20-33(87)21-41(89)50(35)34-15-29(8-11-40(34)88)51(66(98)85-55)82-67(99)52(32)81-65(97)39(22-47(76)90)80-68(54)100/h8-13,15-21,26-28,38-39,46,48-49,51-59,61-63,71,79,86-89,91-95H,14,22-25,77-78H2,1-7H3,(H2,76,90)(H,80,100)(H,81,97)(H,82,99)(H,83,101)(H,84,96)(H,85,98)(H,102,103)/t27-,28-,38+,39-,46+,48-,49-,51+,52+,53?,54+,55-,56+,57+,58-,59+,61+,62-,63-,71-,72-,73-/m0/s1. The van der Waals surface area contributed by atoms with Crippen molar-refractivity contribution in [2.45, 2.75) is 201 Å². The summed E-state index contributed by atoms with van der Waals surface area (Å²) in [5.74, 6) is -16.1. The van der Waals surface area contributed by atoms with Gasteiger partial charge in [-0.15, -0.1) is 0 Å². The molecule has 3 saturated heterocycles. The topological polar surface area (TPSA) is 575 Å². The molecule has 7 amide bonds. The van der Waals surface area contributed by atoms with Crippen LogP contribution in [0.5, 0.6) is 46.0 Å². The first-order valence-electron chi connectivity index (χ1n) is 35.3. The molecule has 3 fully saturated rings. The van der Waals surface area contributed by atoms with Gasteiger partial charge in [-0.25, -0.2) is 4.79 Å². The second-order valence-electron chi connectivity index (χ2n) is 29.3. The van der Waals surface area contributed by atoms with E-state index < -0.39 is 261 Å². The predicted molar refractivity (Wildman–Crippen MR) is 386 cm³/mol. The number of hydrogen-bond acceptors (Lipinski definition) is 28. The van der Waals surface area contributed by atoms with E-state index in [0.29, 0.717) is 0 Å². The Morgan fingerprint density at radius 2 is 1.23 bits per heavy atom. The molecule has 8 heterocycles. The summed E-state index contributed by atoms with van der Waals surface area (Å²) in [6, 6.07) is -0.452. The molecule has 600 valence electrons. The summed E-state index contributed by atoms with van der Waals surface area (Å²) in [6.07, 6.45) is -22.8. The van der Waals surface area contributed by atoms with Gasteiger partial charge in [0.05, 0.1) is 53.5 Å². The Labute approximate surface area is 643 Å². The van der Waals surface area contributed by atoms with Crippen LogP contribution in [0.25, 0.3) is 11.1 Å². The number of primary amides is 1. The van der Waals surface area contributed by atoms with Crippen molar-refractivity contribution in [2.75, 3.05) is 13.7 Å². The number of hydrogen-bond donors (Lipinski definition) is 20. The van der Waals surface area contributed by atoms with Gasteiger partial charge in [-0.2, -0.15) is 0 Å². The van der Waals surface area contributed by atoms with Gasteiger partial charge < -0.3 is 143 Å². The number of aromatic hydroxyl groups is 3. The number of carbonyl (C=O) groups is 8. The molecule has 0 aromatic heterocycles. The van der Waals surface area contributed by atoms with Crippen molar-refractivity contribution in [3.63, 3.8) is 0 Å². The van der Waals surface area contributed by atoms with E-state index in [1.165, 1.54) is 65.1 Å². The maximum absolute atomic E-state index is 16.4.